The Labute approximate surface area is 130 Å². The molecule has 118 valence electrons. The summed E-state index contributed by atoms with van der Waals surface area (Å²) in [6.07, 6.45) is 4.69. The van der Waals surface area contributed by atoms with E-state index in [4.69, 9.17) is 9.15 Å². The topological polar surface area (TPSA) is 51.5 Å². The van der Waals surface area contributed by atoms with Crippen molar-refractivity contribution in [2.75, 3.05) is 7.11 Å². The zero-order chi connectivity index (χ0) is 15.9. The molecule has 1 N–H and O–H groups in total. The highest BCUT2D eigenvalue weighted by molar-refractivity contribution is 6.06. The monoisotopic (exact) mass is 301 g/mol. The van der Waals surface area contributed by atoms with E-state index in [0.29, 0.717) is 5.56 Å². The number of fused-ring (bicyclic) bond motifs is 1. The maximum Gasteiger partial charge on any atom is 0.255 e. The molecular weight excluding hydrogens is 278 g/mol. The number of furan rings is 1. The Balaban J connectivity index is 1.85. The number of carbonyl (C=O) groups excluding carboxylic acids is 1. The molecule has 1 aromatic heterocycles. The normalized spacial score (nSPS) is 18.0. The summed E-state index contributed by atoms with van der Waals surface area (Å²) in [5.41, 5.74) is 3.46. The highest BCUT2D eigenvalue weighted by Gasteiger charge is 2.43. The van der Waals surface area contributed by atoms with Gasteiger partial charge in [-0.3, -0.25) is 4.79 Å². The first-order valence-corrected chi connectivity index (χ1v) is 7.81. The maximum absolute atomic E-state index is 12.6. The molecule has 0 saturated heterocycles. The summed E-state index contributed by atoms with van der Waals surface area (Å²) < 4.78 is 11.2. The Morgan fingerprint density at radius 3 is 2.59 bits per heavy atom. The summed E-state index contributed by atoms with van der Waals surface area (Å²) in [7, 11) is 1.72. The minimum absolute atomic E-state index is 0.0183. The zero-order valence-corrected chi connectivity index (χ0v) is 13.7. The van der Waals surface area contributed by atoms with Crippen molar-refractivity contribution < 1.29 is 13.9 Å². The smallest absolute Gasteiger partial charge is 0.255 e. The van der Waals surface area contributed by atoms with Gasteiger partial charge in [0.05, 0.1) is 17.2 Å². The summed E-state index contributed by atoms with van der Waals surface area (Å²) in [5, 5.41) is 3.95. The number of benzene rings is 1. The Hall–Kier alpha value is -1.81. The first-order chi connectivity index (χ1) is 10.5. The van der Waals surface area contributed by atoms with Crippen molar-refractivity contribution in [1.82, 2.24) is 5.32 Å². The first-order valence-electron chi connectivity index (χ1n) is 7.81. The van der Waals surface area contributed by atoms with Crippen LogP contribution < -0.4 is 5.32 Å². The van der Waals surface area contributed by atoms with Gasteiger partial charge >= 0.3 is 0 Å². The molecule has 0 radical (unpaired) electrons. The van der Waals surface area contributed by atoms with Gasteiger partial charge in [-0.2, -0.15) is 0 Å². The Morgan fingerprint density at radius 1 is 1.32 bits per heavy atom. The van der Waals surface area contributed by atoms with E-state index in [2.05, 4.69) is 5.32 Å². The Morgan fingerprint density at radius 2 is 2.00 bits per heavy atom. The summed E-state index contributed by atoms with van der Waals surface area (Å²) in [6, 6.07) is 3.98. The van der Waals surface area contributed by atoms with Gasteiger partial charge < -0.3 is 14.5 Å². The fraction of sp³-hybridized carbons (Fsp3) is 0.500. The molecule has 1 aliphatic carbocycles. The number of hydrogen-bond acceptors (Lipinski definition) is 3. The van der Waals surface area contributed by atoms with Crippen molar-refractivity contribution in [3.05, 3.63) is 35.1 Å². The highest BCUT2D eigenvalue weighted by atomic mass is 16.5. The molecule has 1 atom stereocenters. The number of nitrogens with one attached hydrogen (secondary N) is 1. The molecule has 0 spiro atoms. The van der Waals surface area contributed by atoms with Crippen LogP contribution >= 0.6 is 0 Å². The van der Waals surface area contributed by atoms with Gasteiger partial charge in [-0.15, -0.1) is 0 Å². The second kappa shape index (κ2) is 5.43. The van der Waals surface area contributed by atoms with E-state index in [1.54, 1.807) is 13.4 Å². The van der Waals surface area contributed by atoms with Crippen LogP contribution in [0, 0.1) is 13.8 Å². The SMILES string of the molecule is COC1(C(C)NC(=O)c2coc3cc(C)c(C)cc23)CCC1. The van der Waals surface area contributed by atoms with Crippen molar-refractivity contribution in [3.63, 3.8) is 0 Å². The van der Waals surface area contributed by atoms with Crippen molar-refractivity contribution in [3.8, 4) is 0 Å². The van der Waals surface area contributed by atoms with Gasteiger partial charge in [0.15, 0.2) is 0 Å². The van der Waals surface area contributed by atoms with Crippen LogP contribution in [0.5, 0.6) is 0 Å². The maximum atomic E-state index is 12.6. The number of methoxy groups -OCH3 is 1. The average molecular weight is 301 g/mol. The summed E-state index contributed by atoms with van der Waals surface area (Å²) in [6.45, 7) is 6.09. The molecule has 1 aromatic carbocycles. The van der Waals surface area contributed by atoms with Crippen LogP contribution in [0.15, 0.2) is 22.8 Å². The molecule has 22 heavy (non-hydrogen) atoms. The third kappa shape index (κ3) is 2.31. The molecule has 1 aliphatic rings. The van der Waals surface area contributed by atoms with E-state index in [1.165, 1.54) is 0 Å². The van der Waals surface area contributed by atoms with E-state index < -0.39 is 0 Å². The predicted octanol–water partition coefficient (Wildman–Crippen LogP) is 3.74. The van der Waals surface area contributed by atoms with Crippen LogP contribution in [0.2, 0.25) is 0 Å². The van der Waals surface area contributed by atoms with Gasteiger partial charge in [-0.1, -0.05) is 0 Å². The van der Waals surface area contributed by atoms with Crippen LogP contribution in [0.1, 0.15) is 47.7 Å². The molecule has 1 heterocycles. The highest BCUT2D eigenvalue weighted by Crippen LogP contribution is 2.38. The number of carbonyl (C=O) groups is 1. The minimum Gasteiger partial charge on any atom is -0.463 e. The number of aryl methyl sites for hydroxylation is 2. The van der Waals surface area contributed by atoms with Crippen molar-refractivity contribution >= 4 is 16.9 Å². The number of amides is 1. The molecule has 0 bridgehead atoms. The summed E-state index contributed by atoms with van der Waals surface area (Å²) in [4.78, 5) is 12.6. The third-order valence-electron chi connectivity index (χ3n) is 5.18. The Kier molecular flexibility index (Phi) is 3.73. The molecule has 1 saturated carbocycles. The van der Waals surface area contributed by atoms with Crippen molar-refractivity contribution in [2.24, 2.45) is 0 Å². The van der Waals surface area contributed by atoms with E-state index in [-0.39, 0.29) is 17.6 Å². The second-order valence-corrected chi connectivity index (χ2v) is 6.40. The number of rotatable bonds is 4. The van der Waals surface area contributed by atoms with Gasteiger partial charge in [0.1, 0.15) is 11.8 Å². The molecule has 1 amide bonds. The quantitative estimate of drug-likeness (QED) is 0.936. The Bertz CT molecular complexity index is 707. The van der Waals surface area contributed by atoms with Crippen molar-refractivity contribution in [1.29, 1.82) is 0 Å². The zero-order valence-electron chi connectivity index (χ0n) is 13.7. The molecule has 1 fully saturated rings. The molecule has 4 heteroatoms. The molecule has 1 unspecified atom stereocenters. The van der Waals surface area contributed by atoms with Crippen LogP contribution in [0.3, 0.4) is 0 Å². The lowest BCUT2D eigenvalue weighted by Crippen LogP contribution is -2.56. The molecule has 2 aromatic rings. The van der Waals surface area contributed by atoms with Crippen LogP contribution in [-0.4, -0.2) is 24.7 Å². The number of ether oxygens (including phenoxy) is 1. The first kappa shape index (κ1) is 15.1. The van der Waals surface area contributed by atoms with Gasteiger partial charge in [0.2, 0.25) is 0 Å². The predicted molar refractivity (Wildman–Crippen MR) is 86.2 cm³/mol. The second-order valence-electron chi connectivity index (χ2n) is 6.40. The lowest BCUT2D eigenvalue weighted by molar-refractivity contribution is -0.0919. The van der Waals surface area contributed by atoms with Gasteiger partial charge in [0, 0.05) is 12.5 Å². The molecule has 0 aliphatic heterocycles. The molecule has 3 rings (SSSR count). The number of hydrogen-bond donors (Lipinski definition) is 1. The molecule has 4 nitrogen and oxygen atoms in total. The van der Waals surface area contributed by atoms with Crippen LogP contribution in [0.4, 0.5) is 0 Å². The van der Waals surface area contributed by atoms with Crippen LogP contribution in [-0.2, 0) is 4.74 Å². The lowest BCUT2D eigenvalue weighted by Gasteiger charge is -2.45. The van der Waals surface area contributed by atoms with Crippen molar-refractivity contribution in [2.45, 2.75) is 51.7 Å². The average Bonchev–Trinajstić information content (AvgIpc) is 2.81. The minimum atomic E-state index is -0.207. The third-order valence-corrected chi connectivity index (χ3v) is 5.18. The van der Waals surface area contributed by atoms with Crippen LogP contribution in [0.25, 0.3) is 11.0 Å². The van der Waals surface area contributed by atoms with E-state index in [9.17, 15) is 4.79 Å². The van der Waals surface area contributed by atoms with E-state index >= 15 is 0 Å². The van der Waals surface area contributed by atoms with E-state index in [0.717, 1.165) is 41.4 Å². The van der Waals surface area contributed by atoms with Gasteiger partial charge in [-0.25, -0.2) is 0 Å². The lowest BCUT2D eigenvalue weighted by atomic mass is 9.75. The summed E-state index contributed by atoms with van der Waals surface area (Å²) in [5.74, 6) is -0.0992. The summed E-state index contributed by atoms with van der Waals surface area (Å²) >= 11 is 0. The standard InChI is InChI=1S/C18H23NO3/c1-11-8-14-15(10-22-16(14)9-12(11)2)17(20)19-13(3)18(21-4)6-5-7-18/h8-10,13H,5-7H2,1-4H3,(H,19,20). The largest absolute Gasteiger partial charge is 0.463 e. The molecular formula is C18H23NO3. The van der Waals surface area contributed by atoms with Gasteiger partial charge in [-0.05, 0) is 63.3 Å². The fourth-order valence-electron chi connectivity index (χ4n) is 3.20. The van der Waals surface area contributed by atoms with Gasteiger partial charge in [0.25, 0.3) is 5.91 Å². The fourth-order valence-corrected chi connectivity index (χ4v) is 3.20. The van der Waals surface area contributed by atoms with E-state index in [1.807, 2.05) is 32.9 Å².